The van der Waals surface area contributed by atoms with E-state index in [2.05, 4.69) is 5.32 Å². The van der Waals surface area contributed by atoms with Crippen LogP contribution < -0.4 is 10.7 Å². The first-order valence-corrected chi connectivity index (χ1v) is 10.8. The molecule has 1 saturated heterocycles. The summed E-state index contributed by atoms with van der Waals surface area (Å²) in [5, 5.41) is 12.2. The third-order valence-corrected chi connectivity index (χ3v) is 6.49. The maximum Gasteiger partial charge on any atom is 0.275 e. The van der Waals surface area contributed by atoms with Gasteiger partial charge < -0.3 is 29.4 Å². The van der Waals surface area contributed by atoms with E-state index < -0.39 is 50.8 Å². The van der Waals surface area contributed by atoms with Gasteiger partial charge in [0.05, 0.1) is 18.8 Å². The highest BCUT2D eigenvalue weighted by Crippen LogP contribution is 2.35. The second-order valence-corrected chi connectivity index (χ2v) is 8.57. The molecule has 2 aliphatic heterocycles. The molecule has 1 fully saturated rings. The van der Waals surface area contributed by atoms with Crippen LogP contribution in [0.25, 0.3) is 0 Å². The minimum absolute atomic E-state index is 0.0898. The number of hydrogen-bond acceptors (Lipinski definition) is 6. The standard InChI is InChI=1S/C22H22ClF2N3O6/c1-33-7-5-28-21(32)17-19(30)18(29)13(9-27(17)10-22(28)4-6-34-11-22)20(31)26-8-12-2-3-14(24)15(23)16(12)25/h2-3,9,30H,4-8,10-11H2,1H3,(H,26,31). The number of methoxy groups -OCH3 is 1. The first-order valence-electron chi connectivity index (χ1n) is 10.5. The monoisotopic (exact) mass is 497 g/mol. The Kier molecular flexibility index (Phi) is 6.61. The van der Waals surface area contributed by atoms with Crippen LogP contribution in [0.2, 0.25) is 5.02 Å². The minimum atomic E-state index is -1.04. The number of aromatic nitrogens is 1. The van der Waals surface area contributed by atoms with Gasteiger partial charge in [0.1, 0.15) is 22.2 Å². The zero-order valence-electron chi connectivity index (χ0n) is 18.2. The van der Waals surface area contributed by atoms with Crippen molar-refractivity contribution in [2.45, 2.75) is 25.0 Å². The molecule has 1 atom stereocenters. The zero-order chi connectivity index (χ0) is 24.6. The van der Waals surface area contributed by atoms with Crippen LogP contribution in [0, 0.1) is 11.6 Å². The van der Waals surface area contributed by atoms with Crippen molar-refractivity contribution < 1.29 is 33.0 Å². The van der Waals surface area contributed by atoms with E-state index >= 15 is 0 Å². The van der Waals surface area contributed by atoms with E-state index in [1.165, 1.54) is 17.9 Å². The molecule has 1 aromatic heterocycles. The fraction of sp³-hybridized carbons (Fsp3) is 0.409. The summed E-state index contributed by atoms with van der Waals surface area (Å²) < 4.78 is 39.5. The van der Waals surface area contributed by atoms with Gasteiger partial charge in [0.15, 0.2) is 11.4 Å². The predicted molar refractivity (Wildman–Crippen MR) is 116 cm³/mol. The van der Waals surface area contributed by atoms with E-state index in [4.69, 9.17) is 21.1 Å². The van der Waals surface area contributed by atoms with Crippen LogP contribution in [-0.4, -0.2) is 65.4 Å². The molecule has 4 rings (SSSR count). The highest BCUT2D eigenvalue weighted by molar-refractivity contribution is 6.30. The van der Waals surface area contributed by atoms with Crippen molar-refractivity contribution >= 4 is 23.4 Å². The van der Waals surface area contributed by atoms with Crippen molar-refractivity contribution in [2.75, 3.05) is 33.5 Å². The summed E-state index contributed by atoms with van der Waals surface area (Å²) >= 11 is 5.55. The van der Waals surface area contributed by atoms with Crippen LogP contribution in [0.15, 0.2) is 23.1 Å². The number of aromatic hydroxyl groups is 1. The summed E-state index contributed by atoms with van der Waals surface area (Å²) in [4.78, 5) is 40.3. The van der Waals surface area contributed by atoms with Crippen molar-refractivity contribution in [3.63, 3.8) is 0 Å². The molecular formula is C22H22ClF2N3O6. The average Bonchev–Trinajstić information content (AvgIpc) is 3.27. The van der Waals surface area contributed by atoms with Gasteiger partial charge in [-0.15, -0.1) is 0 Å². The maximum atomic E-state index is 14.1. The first-order chi connectivity index (χ1) is 16.2. The topological polar surface area (TPSA) is 110 Å². The van der Waals surface area contributed by atoms with E-state index in [9.17, 15) is 28.3 Å². The lowest BCUT2D eigenvalue weighted by Crippen LogP contribution is -2.60. The molecule has 0 bridgehead atoms. The van der Waals surface area contributed by atoms with E-state index in [1.54, 1.807) is 4.90 Å². The van der Waals surface area contributed by atoms with Crippen LogP contribution >= 0.6 is 11.6 Å². The van der Waals surface area contributed by atoms with Gasteiger partial charge in [-0.3, -0.25) is 14.4 Å². The van der Waals surface area contributed by atoms with Crippen LogP contribution in [0.1, 0.15) is 32.8 Å². The maximum absolute atomic E-state index is 14.1. The van der Waals surface area contributed by atoms with E-state index in [1.807, 2.05) is 0 Å². The predicted octanol–water partition coefficient (Wildman–Crippen LogP) is 1.68. The number of hydrogen-bond donors (Lipinski definition) is 2. The number of halogens is 3. The summed E-state index contributed by atoms with van der Waals surface area (Å²) in [5.41, 5.74) is -2.51. The van der Waals surface area contributed by atoms with Crippen LogP contribution in [0.3, 0.4) is 0 Å². The van der Waals surface area contributed by atoms with Gasteiger partial charge in [-0.25, -0.2) is 8.78 Å². The van der Waals surface area contributed by atoms with Gasteiger partial charge in [-0.2, -0.15) is 0 Å². The molecule has 9 nitrogen and oxygen atoms in total. The molecule has 182 valence electrons. The van der Waals surface area contributed by atoms with Gasteiger partial charge in [0.2, 0.25) is 5.43 Å². The van der Waals surface area contributed by atoms with E-state index in [0.29, 0.717) is 13.0 Å². The highest BCUT2D eigenvalue weighted by atomic mass is 35.5. The Morgan fingerprint density at radius 1 is 1.35 bits per heavy atom. The lowest BCUT2D eigenvalue weighted by atomic mass is 9.92. The lowest BCUT2D eigenvalue weighted by Gasteiger charge is -2.45. The molecule has 2 aliphatic rings. The number of carbonyl (C=O) groups is 2. The summed E-state index contributed by atoms with van der Waals surface area (Å²) in [6, 6.07) is 2.07. The fourth-order valence-corrected chi connectivity index (χ4v) is 4.52. The Morgan fingerprint density at radius 3 is 2.79 bits per heavy atom. The van der Waals surface area contributed by atoms with Gasteiger partial charge in [0.25, 0.3) is 11.8 Å². The summed E-state index contributed by atoms with van der Waals surface area (Å²) in [6.07, 6.45) is 1.73. The smallest absolute Gasteiger partial charge is 0.275 e. The van der Waals surface area contributed by atoms with Gasteiger partial charge >= 0.3 is 0 Å². The normalized spacial score (nSPS) is 19.5. The summed E-state index contributed by atoms with van der Waals surface area (Å²) in [6.45, 7) is 0.976. The molecule has 12 heteroatoms. The summed E-state index contributed by atoms with van der Waals surface area (Å²) in [7, 11) is 1.50. The molecule has 0 saturated carbocycles. The number of fused-ring (bicyclic) bond motifs is 1. The van der Waals surface area contributed by atoms with Crippen molar-refractivity contribution in [3.05, 3.63) is 62.0 Å². The molecule has 1 unspecified atom stereocenters. The van der Waals surface area contributed by atoms with E-state index in [-0.39, 0.29) is 44.1 Å². The molecule has 1 spiro atoms. The van der Waals surface area contributed by atoms with Gasteiger partial charge in [-0.1, -0.05) is 17.7 Å². The Labute approximate surface area is 197 Å². The van der Waals surface area contributed by atoms with E-state index in [0.717, 1.165) is 12.1 Å². The number of benzene rings is 1. The quantitative estimate of drug-likeness (QED) is 0.588. The fourth-order valence-electron chi connectivity index (χ4n) is 4.33. The van der Waals surface area contributed by atoms with Crippen LogP contribution in [0.4, 0.5) is 8.78 Å². The largest absolute Gasteiger partial charge is 0.503 e. The van der Waals surface area contributed by atoms with Gasteiger partial charge in [-0.05, 0) is 12.5 Å². The number of rotatable bonds is 6. The Morgan fingerprint density at radius 2 is 2.12 bits per heavy atom. The third-order valence-electron chi connectivity index (χ3n) is 6.14. The second kappa shape index (κ2) is 9.32. The number of carbonyl (C=O) groups excluding carboxylic acids is 2. The number of nitrogens with zero attached hydrogens (tertiary/aromatic N) is 2. The highest BCUT2D eigenvalue weighted by Gasteiger charge is 2.48. The average molecular weight is 498 g/mol. The number of amides is 2. The SMILES string of the molecule is COCCN1C(=O)c2c(O)c(=O)c(C(=O)NCc3ccc(F)c(Cl)c3F)cn2CC12CCOC2. The van der Waals surface area contributed by atoms with Gasteiger partial charge in [0, 0.05) is 45.1 Å². The minimum Gasteiger partial charge on any atom is -0.503 e. The molecule has 1 aromatic carbocycles. The Balaban J connectivity index is 1.65. The Hall–Kier alpha value is -3.02. The molecule has 0 radical (unpaired) electrons. The molecule has 2 amide bonds. The first kappa shape index (κ1) is 24.1. The molecule has 2 N–H and O–H groups in total. The molecule has 3 heterocycles. The summed E-state index contributed by atoms with van der Waals surface area (Å²) in [5.74, 6) is -4.30. The number of pyridine rings is 1. The molecule has 2 aromatic rings. The number of ether oxygens (including phenoxy) is 2. The molecule has 0 aliphatic carbocycles. The third kappa shape index (κ3) is 4.04. The Bertz CT molecular complexity index is 1210. The van der Waals surface area contributed by atoms with Crippen molar-refractivity contribution in [1.82, 2.24) is 14.8 Å². The van der Waals surface area contributed by atoms with Crippen molar-refractivity contribution in [1.29, 1.82) is 0 Å². The molecule has 34 heavy (non-hydrogen) atoms. The number of nitrogens with one attached hydrogen (secondary N) is 1. The lowest BCUT2D eigenvalue weighted by molar-refractivity contribution is 0.0140. The zero-order valence-corrected chi connectivity index (χ0v) is 19.0. The van der Waals surface area contributed by atoms with Crippen molar-refractivity contribution in [2.24, 2.45) is 0 Å². The molecular weight excluding hydrogens is 476 g/mol. The van der Waals surface area contributed by atoms with Crippen LogP contribution in [0.5, 0.6) is 5.75 Å². The van der Waals surface area contributed by atoms with Crippen LogP contribution in [-0.2, 0) is 22.6 Å². The van der Waals surface area contributed by atoms with Crippen molar-refractivity contribution in [3.8, 4) is 5.75 Å². The second-order valence-electron chi connectivity index (χ2n) is 8.19.